The molecule has 4 nitrogen and oxygen atoms in total. The molecule has 1 aromatic rings. The average Bonchev–Trinajstić information content (AvgIpc) is 2.37. The summed E-state index contributed by atoms with van der Waals surface area (Å²) in [6.07, 6.45) is 0.988. The van der Waals surface area contributed by atoms with Crippen molar-refractivity contribution in [1.82, 2.24) is 5.32 Å². The zero-order valence-electron chi connectivity index (χ0n) is 10.3. The standard InChI is InChI=1S/C14H18NO3/c1-3-9-18-14(16)15-12(2)10-17-11-13-7-5-4-6-8-13/h3-8,12H,1-2,9-11H2,(H,15,16)/t12-/m0/s1. The van der Waals surface area contributed by atoms with Crippen molar-refractivity contribution in [2.75, 3.05) is 13.2 Å². The van der Waals surface area contributed by atoms with Gasteiger partial charge in [-0.3, -0.25) is 0 Å². The third kappa shape index (κ3) is 6.06. The van der Waals surface area contributed by atoms with Crippen molar-refractivity contribution in [1.29, 1.82) is 0 Å². The highest BCUT2D eigenvalue weighted by Gasteiger charge is 2.07. The highest BCUT2D eigenvalue weighted by atomic mass is 16.5. The number of alkyl carbamates (subject to hydrolysis) is 1. The maximum absolute atomic E-state index is 11.2. The van der Waals surface area contributed by atoms with Gasteiger partial charge in [0.2, 0.25) is 0 Å². The molecule has 0 saturated carbocycles. The van der Waals surface area contributed by atoms with E-state index < -0.39 is 6.09 Å². The van der Waals surface area contributed by atoms with Crippen LogP contribution in [-0.4, -0.2) is 25.3 Å². The molecule has 0 heterocycles. The van der Waals surface area contributed by atoms with Gasteiger partial charge in [0, 0.05) is 0 Å². The topological polar surface area (TPSA) is 47.6 Å². The first-order valence-corrected chi connectivity index (χ1v) is 5.71. The molecule has 97 valence electrons. The van der Waals surface area contributed by atoms with Crippen LogP contribution in [0.4, 0.5) is 4.79 Å². The number of ether oxygens (including phenoxy) is 2. The van der Waals surface area contributed by atoms with Gasteiger partial charge in [-0.2, -0.15) is 0 Å². The molecule has 4 heteroatoms. The molecule has 0 aliphatic rings. The summed E-state index contributed by atoms with van der Waals surface area (Å²) in [6.45, 7) is 8.22. The van der Waals surface area contributed by atoms with E-state index in [9.17, 15) is 4.79 Å². The van der Waals surface area contributed by atoms with Crippen molar-refractivity contribution in [3.05, 3.63) is 55.5 Å². The first-order valence-electron chi connectivity index (χ1n) is 5.71. The van der Waals surface area contributed by atoms with Crippen molar-refractivity contribution in [2.24, 2.45) is 0 Å². The van der Waals surface area contributed by atoms with Crippen LogP contribution in [-0.2, 0) is 16.1 Å². The SMILES string of the molecule is [CH2][C@@H](COCc1ccccc1)NC(=O)OCC=C. The van der Waals surface area contributed by atoms with E-state index in [4.69, 9.17) is 9.47 Å². The molecule has 0 saturated heterocycles. The van der Waals surface area contributed by atoms with E-state index in [1.807, 2.05) is 30.3 Å². The molecule has 1 atom stereocenters. The van der Waals surface area contributed by atoms with Gasteiger partial charge in [-0.05, 0) is 12.5 Å². The van der Waals surface area contributed by atoms with Gasteiger partial charge in [0.05, 0.1) is 19.3 Å². The van der Waals surface area contributed by atoms with Crippen molar-refractivity contribution in [3.63, 3.8) is 0 Å². The van der Waals surface area contributed by atoms with Crippen LogP contribution < -0.4 is 5.32 Å². The van der Waals surface area contributed by atoms with Crippen LogP contribution in [0.2, 0.25) is 0 Å². The molecule has 0 bridgehead atoms. The lowest BCUT2D eigenvalue weighted by Gasteiger charge is -2.13. The van der Waals surface area contributed by atoms with Crippen molar-refractivity contribution in [2.45, 2.75) is 12.6 Å². The number of benzene rings is 1. The Labute approximate surface area is 108 Å². The van der Waals surface area contributed by atoms with Crippen LogP contribution in [0, 0.1) is 6.92 Å². The summed E-state index contributed by atoms with van der Waals surface area (Å²) in [6, 6.07) is 9.46. The largest absolute Gasteiger partial charge is 0.445 e. The molecule has 0 aliphatic carbocycles. The number of amides is 1. The lowest BCUT2D eigenvalue weighted by molar-refractivity contribution is 0.101. The minimum absolute atomic E-state index is 0.184. The van der Waals surface area contributed by atoms with E-state index in [1.165, 1.54) is 6.08 Å². The second-order valence-electron chi connectivity index (χ2n) is 3.73. The Kier molecular flexibility index (Phi) is 6.58. The van der Waals surface area contributed by atoms with Gasteiger partial charge in [0.1, 0.15) is 6.61 Å². The van der Waals surface area contributed by atoms with Crippen LogP contribution in [0.1, 0.15) is 5.56 Å². The molecule has 0 aliphatic heterocycles. The lowest BCUT2D eigenvalue weighted by atomic mass is 10.2. The predicted octanol–water partition coefficient (Wildman–Crippen LogP) is 2.32. The van der Waals surface area contributed by atoms with Gasteiger partial charge in [-0.1, -0.05) is 43.0 Å². The number of carbonyl (C=O) groups excluding carboxylic acids is 1. The Balaban J connectivity index is 2.15. The van der Waals surface area contributed by atoms with Crippen LogP contribution in [0.3, 0.4) is 0 Å². The monoisotopic (exact) mass is 248 g/mol. The minimum atomic E-state index is -0.516. The van der Waals surface area contributed by atoms with Gasteiger partial charge in [0.15, 0.2) is 0 Å². The van der Waals surface area contributed by atoms with Gasteiger partial charge in [-0.25, -0.2) is 4.79 Å². The van der Waals surface area contributed by atoms with E-state index in [1.54, 1.807) is 0 Å². The van der Waals surface area contributed by atoms with E-state index in [-0.39, 0.29) is 12.6 Å². The quantitative estimate of drug-likeness (QED) is 0.753. The number of hydrogen-bond donors (Lipinski definition) is 1. The zero-order valence-corrected chi connectivity index (χ0v) is 10.3. The number of rotatable bonds is 7. The van der Waals surface area contributed by atoms with Gasteiger partial charge in [0.25, 0.3) is 0 Å². The van der Waals surface area contributed by atoms with E-state index >= 15 is 0 Å². The van der Waals surface area contributed by atoms with Crippen LogP contribution in [0.25, 0.3) is 0 Å². The molecular weight excluding hydrogens is 230 g/mol. The Bertz CT molecular complexity index is 365. The maximum atomic E-state index is 11.2. The fourth-order valence-electron chi connectivity index (χ4n) is 1.28. The first kappa shape index (κ1) is 14.3. The Morgan fingerprint density at radius 2 is 2.11 bits per heavy atom. The average molecular weight is 248 g/mol. The van der Waals surface area contributed by atoms with Crippen LogP contribution >= 0.6 is 0 Å². The Morgan fingerprint density at radius 1 is 1.39 bits per heavy atom. The smallest absolute Gasteiger partial charge is 0.407 e. The number of carbonyl (C=O) groups is 1. The molecule has 1 rings (SSSR count). The molecule has 0 unspecified atom stereocenters. The summed E-state index contributed by atoms with van der Waals surface area (Å²) in [4.78, 5) is 11.2. The summed E-state index contributed by atoms with van der Waals surface area (Å²) in [7, 11) is 0. The van der Waals surface area contributed by atoms with Crippen LogP contribution in [0.5, 0.6) is 0 Å². The molecule has 0 fully saturated rings. The Morgan fingerprint density at radius 3 is 2.78 bits per heavy atom. The second kappa shape index (κ2) is 8.31. The Hall–Kier alpha value is -1.81. The van der Waals surface area contributed by atoms with E-state index in [2.05, 4.69) is 18.8 Å². The highest BCUT2D eigenvalue weighted by molar-refractivity contribution is 5.67. The third-order valence-electron chi connectivity index (χ3n) is 2.08. The van der Waals surface area contributed by atoms with Crippen molar-refractivity contribution in [3.8, 4) is 0 Å². The molecule has 1 amide bonds. The van der Waals surface area contributed by atoms with Gasteiger partial charge < -0.3 is 14.8 Å². The highest BCUT2D eigenvalue weighted by Crippen LogP contribution is 2.00. The summed E-state index contributed by atoms with van der Waals surface area (Å²) in [5.74, 6) is 0. The second-order valence-corrected chi connectivity index (χ2v) is 3.73. The van der Waals surface area contributed by atoms with E-state index in [0.29, 0.717) is 13.2 Å². The fraction of sp³-hybridized carbons (Fsp3) is 0.286. The van der Waals surface area contributed by atoms with Crippen molar-refractivity contribution < 1.29 is 14.3 Å². The summed E-state index contributed by atoms with van der Waals surface area (Å²) in [5, 5.41) is 2.56. The zero-order chi connectivity index (χ0) is 13.2. The number of nitrogens with one attached hydrogen (secondary N) is 1. The van der Waals surface area contributed by atoms with Crippen LogP contribution in [0.15, 0.2) is 43.0 Å². The molecule has 0 aromatic heterocycles. The maximum Gasteiger partial charge on any atom is 0.407 e. The van der Waals surface area contributed by atoms with Crippen molar-refractivity contribution >= 4 is 6.09 Å². The minimum Gasteiger partial charge on any atom is -0.445 e. The molecule has 1 N–H and O–H groups in total. The molecular formula is C14H18NO3. The normalized spacial score (nSPS) is 11.6. The predicted molar refractivity (Wildman–Crippen MR) is 69.9 cm³/mol. The molecule has 1 aromatic carbocycles. The molecule has 18 heavy (non-hydrogen) atoms. The van der Waals surface area contributed by atoms with Gasteiger partial charge >= 0.3 is 6.09 Å². The third-order valence-corrected chi connectivity index (χ3v) is 2.08. The first-order chi connectivity index (χ1) is 8.72. The van der Waals surface area contributed by atoms with E-state index in [0.717, 1.165) is 5.56 Å². The summed E-state index contributed by atoms with van der Waals surface area (Å²) in [5.41, 5.74) is 1.08. The summed E-state index contributed by atoms with van der Waals surface area (Å²) < 4.78 is 10.2. The summed E-state index contributed by atoms with van der Waals surface area (Å²) >= 11 is 0. The number of hydrogen-bond acceptors (Lipinski definition) is 3. The fourth-order valence-corrected chi connectivity index (χ4v) is 1.28. The lowest BCUT2D eigenvalue weighted by Crippen LogP contribution is -2.36. The molecule has 1 radical (unpaired) electrons. The van der Waals surface area contributed by atoms with Gasteiger partial charge in [-0.15, -0.1) is 0 Å². The molecule has 0 spiro atoms.